The van der Waals surface area contributed by atoms with E-state index in [9.17, 15) is 14.0 Å². The van der Waals surface area contributed by atoms with Gasteiger partial charge in [-0.2, -0.15) is 0 Å². The Morgan fingerprint density at radius 3 is 2.52 bits per heavy atom. The quantitative estimate of drug-likeness (QED) is 0.731. The molecule has 0 spiro atoms. The van der Waals surface area contributed by atoms with Crippen LogP contribution < -0.4 is 16.4 Å². The molecule has 118 valence electrons. The van der Waals surface area contributed by atoms with E-state index in [1.54, 1.807) is 12.1 Å². The summed E-state index contributed by atoms with van der Waals surface area (Å²) in [6, 6.07) is 5.31. The van der Waals surface area contributed by atoms with Crippen molar-refractivity contribution < 1.29 is 14.0 Å². The number of carbonyl (C=O) groups is 2. The van der Waals surface area contributed by atoms with Crippen LogP contribution in [0.5, 0.6) is 0 Å². The van der Waals surface area contributed by atoms with Crippen molar-refractivity contribution in [1.29, 1.82) is 0 Å². The number of rotatable bonds is 6. The Kier molecular flexibility index (Phi) is 8.57. The van der Waals surface area contributed by atoms with E-state index >= 15 is 0 Å². The van der Waals surface area contributed by atoms with Crippen molar-refractivity contribution in [2.24, 2.45) is 11.7 Å². The van der Waals surface area contributed by atoms with Crippen molar-refractivity contribution in [2.45, 2.75) is 26.4 Å². The second-order valence-corrected chi connectivity index (χ2v) is 4.89. The van der Waals surface area contributed by atoms with E-state index < -0.39 is 6.04 Å². The Bertz CT molecular complexity index is 483. The van der Waals surface area contributed by atoms with E-state index in [0.717, 1.165) is 0 Å². The van der Waals surface area contributed by atoms with Crippen LogP contribution in [-0.4, -0.2) is 24.4 Å². The van der Waals surface area contributed by atoms with Gasteiger partial charge >= 0.3 is 0 Å². The van der Waals surface area contributed by atoms with Gasteiger partial charge in [0, 0.05) is 6.54 Å². The van der Waals surface area contributed by atoms with Gasteiger partial charge in [0.25, 0.3) is 0 Å². The maximum absolute atomic E-state index is 12.9. The molecule has 0 bridgehead atoms. The van der Waals surface area contributed by atoms with Crippen LogP contribution in [0.3, 0.4) is 0 Å². The minimum atomic E-state index is -0.633. The summed E-state index contributed by atoms with van der Waals surface area (Å²) in [5.74, 6) is -1.06. The number of hydrogen-bond donors (Lipinski definition) is 3. The molecule has 1 atom stereocenters. The predicted molar refractivity (Wildman–Crippen MR) is 81.3 cm³/mol. The van der Waals surface area contributed by atoms with Crippen LogP contribution in [0.25, 0.3) is 0 Å². The van der Waals surface area contributed by atoms with Gasteiger partial charge in [-0.25, -0.2) is 4.39 Å². The molecule has 0 unspecified atom stereocenters. The Hall–Kier alpha value is -1.66. The predicted octanol–water partition coefficient (Wildman–Crippen LogP) is 0.963. The van der Waals surface area contributed by atoms with Crippen molar-refractivity contribution in [2.75, 3.05) is 6.54 Å². The fourth-order valence-corrected chi connectivity index (χ4v) is 1.50. The molecule has 0 fully saturated rings. The Morgan fingerprint density at radius 1 is 1.29 bits per heavy atom. The van der Waals surface area contributed by atoms with Gasteiger partial charge in [0.2, 0.25) is 11.8 Å². The molecule has 0 heterocycles. The minimum absolute atomic E-state index is 0. The summed E-state index contributed by atoms with van der Waals surface area (Å²) in [5.41, 5.74) is 6.30. The van der Waals surface area contributed by atoms with E-state index in [0.29, 0.717) is 5.56 Å². The first-order valence-corrected chi connectivity index (χ1v) is 6.44. The first-order chi connectivity index (χ1) is 9.40. The molecule has 0 radical (unpaired) electrons. The van der Waals surface area contributed by atoms with E-state index in [2.05, 4.69) is 10.6 Å². The Labute approximate surface area is 129 Å². The zero-order valence-corrected chi connectivity index (χ0v) is 12.9. The zero-order valence-electron chi connectivity index (χ0n) is 12.1. The summed E-state index contributed by atoms with van der Waals surface area (Å²) in [6.07, 6.45) is 0. The van der Waals surface area contributed by atoms with Gasteiger partial charge in [0.05, 0.1) is 12.6 Å². The molecule has 7 heteroatoms. The average molecular weight is 318 g/mol. The van der Waals surface area contributed by atoms with Crippen molar-refractivity contribution in [1.82, 2.24) is 10.6 Å². The molecule has 0 saturated carbocycles. The fraction of sp³-hybridized carbons (Fsp3) is 0.429. The summed E-state index contributed by atoms with van der Waals surface area (Å²) in [5, 5.41) is 5.05. The lowest BCUT2D eigenvalue weighted by molar-refractivity contribution is -0.127. The van der Waals surface area contributed by atoms with Crippen molar-refractivity contribution in [3.05, 3.63) is 35.6 Å². The van der Waals surface area contributed by atoms with Crippen LogP contribution in [0.1, 0.15) is 19.4 Å². The maximum Gasteiger partial charge on any atom is 0.239 e. The molecule has 0 aromatic heterocycles. The second-order valence-electron chi connectivity index (χ2n) is 4.89. The lowest BCUT2D eigenvalue weighted by Gasteiger charge is -2.15. The minimum Gasteiger partial charge on any atom is -0.350 e. The molecule has 1 aromatic carbocycles. The van der Waals surface area contributed by atoms with E-state index in [4.69, 9.17) is 5.73 Å². The van der Waals surface area contributed by atoms with Crippen LogP contribution in [0.15, 0.2) is 24.3 Å². The number of amides is 2. The molecule has 0 saturated heterocycles. The highest BCUT2D eigenvalue weighted by Crippen LogP contribution is 2.02. The van der Waals surface area contributed by atoms with Crippen LogP contribution in [0.2, 0.25) is 0 Å². The highest BCUT2D eigenvalue weighted by atomic mass is 35.5. The number of nitrogens with one attached hydrogen (secondary N) is 2. The Morgan fingerprint density at radius 2 is 1.95 bits per heavy atom. The lowest BCUT2D eigenvalue weighted by atomic mass is 10.1. The van der Waals surface area contributed by atoms with E-state index in [-0.39, 0.29) is 49.0 Å². The van der Waals surface area contributed by atoms with E-state index in [1.807, 2.05) is 13.8 Å². The van der Waals surface area contributed by atoms with Gasteiger partial charge in [-0.1, -0.05) is 26.0 Å². The van der Waals surface area contributed by atoms with Crippen LogP contribution in [0, 0.1) is 11.7 Å². The monoisotopic (exact) mass is 317 g/mol. The largest absolute Gasteiger partial charge is 0.350 e. The average Bonchev–Trinajstić information content (AvgIpc) is 2.41. The molecule has 4 N–H and O–H groups in total. The topological polar surface area (TPSA) is 84.2 Å². The third-order valence-electron chi connectivity index (χ3n) is 2.82. The van der Waals surface area contributed by atoms with Crippen LogP contribution in [0.4, 0.5) is 4.39 Å². The lowest BCUT2D eigenvalue weighted by Crippen LogP contribution is -2.47. The third-order valence-corrected chi connectivity index (χ3v) is 2.82. The first kappa shape index (κ1) is 19.3. The maximum atomic E-state index is 12.9. The molecular weight excluding hydrogens is 297 g/mol. The van der Waals surface area contributed by atoms with Gasteiger partial charge < -0.3 is 16.4 Å². The molecule has 2 amide bonds. The van der Waals surface area contributed by atoms with Gasteiger partial charge in [0.15, 0.2) is 0 Å². The standard InChI is InChI=1S/C14H20FN3O2.ClH/c1-9(2)13(16)14(20)18-8-12(19)17-7-10-4-3-5-11(15)6-10;/h3-6,9,13H,7-8,16H2,1-2H3,(H,17,19)(H,18,20);1H/t13-;/m0./s1. The van der Waals surface area contributed by atoms with Gasteiger partial charge in [-0.15, -0.1) is 12.4 Å². The molecule has 5 nitrogen and oxygen atoms in total. The fourth-order valence-electron chi connectivity index (χ4n) is 1.50. The first-order valence-electron chi connectivity index (χ1n) is 6.44. The second kappa shape index (κ2) is 9.31. The number of hydrogen-bond acceptors (Lipinski definition) is 3. The molecule has 1 aromatic rings. The van der Waals surface area contributed by atoms with Crippen molar-refractivity contribution in [3.63, 3.8) is 0 Å². The van der Waals surface area contributed by atoms with Gasteiger partial charge in [0.1, 0.15) is 5.82 Å². The Balaban J connectivity index is 0.00000400. The molecule has 0 aliphatic carbocycles. The van der Waals surface area contributed by atoms with Crippen molar-refractivity contribution >= 4 is 24.2 Å². The molecule has 1 rings (SSSR count). The SMILES string of the molecule is CC(C)[C@H](N)C(=O)NCC(=O)NCc1cccc(F)c1.Cl. The third kappa shape index (κ3) is 7.06. The van der Waals surface area contributed by atoms with Crippen molar-refractivity contribution in [3.8, 4) is 0 Å². The zero-order chi connectivity index (χ0) is 15.1. The molecule has 21 heavy (non-hydrogen) atoms. The number of nitrogens with two attached hydrogens (primary N) is 1. The van der Waals surface area contributed by atoms with Gasteiger partial charge in [-0.05, 0) is 23.6 Å². The normalized spacial score (nSPS) is 11.5. The number of carbonyl (C=O) groups excluding carboxylic acids is 2. The van der Waals surface area contributed by atoms with E-state index in [1.165, 1.54) is 12.1 Å². The highest BCUT2D eigenvalue weighted by molar-refractivity contribution is 5.87. The molecule has 0 aliphatic rings. The van der Waals surface area contributed by atoms with Gasteiger partial charge in [-0.3, -0.25) is 9.59 Å². The molecule has 0 aliphatic heterocycles. The summed E-state index contributed by atoms with van der Waals surface area (Å²) in [4.78, 5) is 23.1. The summed E-state index contributed by atoms with van der Waals surface area (Å²) in [6.45, 7) is 3.72. The summed E-state index contributed by atoms with van der Waals surface area (Å²) < 4.78 is 12.9. The summed E-state index contributed by atoms with van der Waals surface area (Å²) >= 11 is 0. The van der Waals surface area contributed by atoms with Crippen LogP contribution in [-0.2, 0) is 16.1 Å². The van der Waals surface area contributed by atoms with Crippen LogP contribution >= 0.6 is 12.4 Å². The number of halogens is 2. The smallest absolute Gasteiger partial charge is 0.239 e. The highest BCUT2D eigenvalue weighted by Gasteiger charge is 2.17. The summed E-state index contributed by atoms with van der Waals surface area (Å²) in [7, 11) is 0. The number of benzene rings is 1. The molecular formula is C14H21ClFN3O2.